The van der Waals surface area contributed by atoms with Crippen LogP contribution >= 0.6 is 12.2 Å². The molecule has 2 rings (SSSR count). The lowest BCUT2D eigenvalue weighted by molar-refractivity contribution is 1.11. The van der Waals surface area contributed by atoms with Gasteiger partial charge in [0.15, 0.2) is 0 Å². The molecular formula is C11H11N3S. The van der Waals surface area contributed by atoms with Crippen molar-refractivity contribution in [3.63, 3.8) is 0 Å². The molecule has 2 heterocycles. The fraction of sp³-hybridized carbons (Fsp3) is 0.182. The number of aromatic amines is 1. The maximum absolute atomic E-state index is 5.13. The highest BCUT2D eigenvalue weighted by Gasteiger charge is 2.06. The molecule has 0 radical (unpaired) electrons. The maximum atomic E-state index is 5.13. The van der Waals surface area contributed by atoms with Crippen molar-refractivity contribution >= 4 is 12.2 Å². The normalized spacial score (nSPS) is 10.3. The summed E-state index contributed by atoms with van der Waals surface area (Å²) in [6.45, 7) is 4.02. The third-order valence-electron chi connectivity index (χ3n) is 2.39. The molecule has 3 nitrogen and oxygen atoms in total. The summed E-state index contributed by atoms with van der Waals surface area (Å²) in [6, 6.07) is 1.98. The number of aryl methyl sites for hydroxylation is 1. The standard InChI is InChI=1S/C11H11N3S/c1-7-3-4-12-5-9(7)10-8(2)11(15)14-6-13-10/h3-6H,1-2H3,(H,13,14,15). The molecule has 2 aromatic heterocycles. The lowest BCUT2D eigenvalue weighted by Crippen LogP contribution is -1.94. The van der Waals surface area contributed by atoms with Crippen molar-refractivity contribution in [2.45, 2.75) is 13.8 Å². The zero-order valence-corrected chi connectivity index (χ0v) is 9.43. The predicted octanol–water partition coefficient (Wildman–Crippen LogP) is 2.82. The summed E-state index contributed by atoms with van der Waals surface area (Å²) >= 11 is 5.13. The molecular weight excluding hydrogens is 206 g/mol. The Kier molecular flexibility index (Phi) is 2.60. The number of hydrogen-bond acceptors (Lipinski definition) is 3. The molecule has 0 fully saturated rings. The van der Waals surface area contributed by atoms with Crippen LogP contribution in [-0.4, -0.2) is 15.0 Å². The molecule has 0 atom stereocenters. The van der Waals surface area contributed by atoms with Gasteiger partial charge in [0.2, 0.25) is 0 Å². The summed E-state index contributed by atoms with van der Waals surface area (Å²) in [5.41, 5.74) is 4.23. The molecule has 0 saturated carbocycles. The van der Waals surface area contributed by atoms with E-state index in [9.17, 15) is 0 Å². The van der Waals surface area contributed by atoms with Crippen LogP contribution in [0.5, 0.6) is 0 Å². The molecule has 0 saturated heterocycles. The molecule has 0 bridgehead atoms. The average molecular weight is 217 g/mol. The Labute approximate surface area is 93.2 Å². The number of aromatic nitrogens is 3. The molecule has 0 aliphatic rings. The zero-order chi connectivity index (χ0) is 10.8. The lowest BCUT2D eigenvalue weighted by atomic mass is 10.1. The first-order chi connectivity index (χ1) is 7.20. The molecule has 2 aromatic rings. The second kappa shape index (κ2) is 3.90. The van der Waals surface area contributed by atoms with Crippen molar-refractivity contribution in [1.29, 1.82) is 0 Å². The molecule has 0 amide bonds. The number of nitrogens with zero attached hydrogens (tertiary/aromatic N) is 2. The van der Waals surface area contributed by atoms with Gasteiger partial charge in [0.1, 0.15) is 4.64 Å². The van der Waals surface area contributed by atoms with Gasteiger partial charge in [0, 0.05) is 23.5 Å². The minimum absolute atomic E-state index is 0.631. The summed E-state index contributed by atoms with van der Waals surface area (Å²) in [6.07, 6.45) is 5.24. The Morgan fingerprint density at radius 2 is 2.13 bits per heavy atom. The quantitative estimate of drug-likeness (QED) is 0.747. The summed E-state index contributed by atoms with van der Waals surface area (Å²) < 4.78 is 0.631. The summed E-state index contributed by atoms with van der Waals surface area (Å²) in [5, 5.41) is 0. The van der Waals surface area contributed by atoms with Gasteiger partial charge in [-0.15, -0.1) is 0 Å². The molecule has 0 unspecified atom stereocenters. The van der Waals surface area contributed by atoms with E-state index in [2.05, 4.69) is 15.0 Å². The Balaban J connectivity index is 2.70. The van der Waals surface area contributed by atoms with Crippen LogP contribution in [0.1, 0.15) is 11.1 Å². The van der Waals surface area contributed by atoms with Crippen molar-refractivity contribution in [1.82, 2.24) is 15.0 Å². The van der Waals surface area contributed by atoms with Gasteiger partial charge in [-0.3, -0.25) is 4.98 Å². The van der Waals surface area contributed by atoms with E-state index in [1.807, 2.05) is 26.1 Å². The van der Waals surface area contributed by atoms with Gasteiger partial charge in [-0.2, -0.15) is 0 Å². The Hall–Kier alpha value is -1.55. The van der Waals surface area contributed by atoms with E-state index in [1.165, 1.54) is 5.56 Å². The zero-order valence-electron chi connectivity index (χ0n) is 8.61. The van der Waals surface area contributed by atoms with Crippen molar-refractivity contribution in [2.24, 2.45) is 0 Å². The van der Waals surface area contributed by atoms with Gasteiger partial charge < -0.3 is 4.98 Å². The number of nitrogens with one attached hydrogen (secondary N) is 1. The van der Waals surface area contributed by atoms with Gasteiger partial charge in [-0.1, -0.05) is 12.2 Å². The van der Waals surface area contributed by atoms with Crippen LogP contribution in [0.25, 0.3) is 11.3 Å². The van der Waals surface area contributed by atoms with Gasteiger partial charge >= 0.3 is 0 Å². The monoisotopic (exact) mass is 217 g/mol. The first kappa shape index (κ1) is 9.98. The first-order valence-electron chi connectivity index (χ1n) is 4.65. The highest BCUT2D eigenvalue weighted by molar-refractivity contribution is 7.71. The molecule has 0 aliphatic heterocycles. The maximum Gasteiger partial charge on any atom is 0.132 e. The predicted molar refractivity (Wildman–Crippen MR) is 62.1 cm³/mol. The topological polar surface area (TPSA) is 41.6 Å². The Bertz CT molecular complexity index is 546. The van der Waals surface area contributed by atoms with Crippen molar-refractivity contribution < 1.29 is 0 Å². The SMILES string of the molecule is Cc1ccncc1-c1[nH]cnc(=S)c1C. The van der Waals surface area contributed by atoms with Gasteiger partial charge in [0.05, 0.1) is 12.0 Å². The molecule has 0 spiro atoms. The number of hydrogen-bond donors (Lipinski definition) is 1. The Morgan fingerprint density at radius 1 is 1.33 bits per heavy atom. The van der Waals surface area contributed by atoms with Crippen molar-refractivity contribution in [2.75, 3.05) is 0 Å². The highest BCUT2D eigenvalue weighted by Crippen LogP contribution is 2.22. The van der Waals surface area contributed by atoms with Crippen molar-refractivity contribution in [3.8, 4) is 11.3 Å². The first-order valence-corrected chi connectivity index (χ1v) is 5.06. The van der Waals surface area contributed by atoms with Gasteiger partial charge in [0.25, 0.3) is 0 Å². The molecule has 0 aromatic carbocycles. The number of rotatable bonds is 1. The number of H-pyrrole nitrogens is 1. The largest absolute Gasteiger partial charge is 0.345 e. The number of pyridine rings is 1. The lowest BCUT2D eigenvalue weighted by Gasteiger charge is -2.07. The molecule has 4 heteroatoms. The molecule has 76 valence electrons. The van der Waals surface area contributed by atoms with Crippen LogP contribution in [0, 0.1) is 18.5 Å². The van der Waals surface area contributed by atoms with Crippen molar-refractivity contribution in [3.05, 3.63) is 40.6 Å². The molecule has 0 aliphatic carbocycles. The smallest absolute Gasteiger partial charge is 0.132 e. The fourth-order valence-electron chi connectivity index (χ4n) is 1.47. The summed E-state index contributed by atoms with van der Waals surface area (Å²) in [5.74, 6) is 0. The van der Waals surface area contributed by atoms with E-state index < -0.39 is 0 Å². The van der Waals surface area contributed by atoms with E-state index >= 15 is 0 Å². The van der Waals surface area contributed by atoms with Crippen LogP contribution in [0.4, 0.5) is 0 Å². The third-order valence-corrected chi connectivity index (χ3v) is 2.81. The second-order valence-electron chi connectivity index (χ2n) is 3.40. The fourth-order valence-corrected chi connectivity index (χ4v) is 1.63. The van der Waals surface area contributed by atoms with Crippen LogP contribution in [0.3, 0.4) is 0 Å². The summed E-state index contributed by atoms with van der Waals surface area (Å²) in [4.78, 5) is 11.3. The van der Waals surface area contributed by atoms with E-state index in [4.69, 9.17) is 12.2 Å². The molecule has 1 N–H and O–H groups in total. The van der Waals surface area contributed by atoms with Crippen LogP contribution in [0.15, 0.2) is 24.8 Å². The second-order valence-corrected chi connectivity index (χ2v) is 3.78. The van der Waals surface area contributed by atoms with E-state index in [1.54, 1.807) is 12.5 Å². The average Bonchev–Trinajstić information content (AvgIpc) is 2.23. The van der Waals surface area contributed by atoms with E-state index in [0.717, 1.165) is 16.8 Å². The minimum Gasteiger partial charge on any atom is -0.345 e. The van der Waals surface area contributed by atoms with Crippen LogP contribution in [0.2, 0.25) is 0 Å². The Morgan fingerprint density at radius 3 is 2.87 bits per heavy atom. The third kappa shape index (κ3) is 1.80. The van der Waals surface area contributed by atoms with E-state index in [0.29, 0.717) is 4.64 Å². The van der Waals surface area contributed by atoms with Crippen LogP contribution < -0.4 is 0 Å². The van der Waals surface area contributed by atoms with Crippen LogP contribution in [-0.2, 0) is 0 Å². The minimum atomic E-state index is 0.631. The summed E-state index contributed by atoms with van der Waals surface area (Å²) in [7, 11) is 0. The van der Waals surface area contributed by atoms with Gasteiger partial charge in [-0.25, -0.2) is 4.98 Å². The molecule has 15 heavy (non-hydrogen) atoms. The highest BCUT2D eigenvalue weighted by atomic mass is 32.1. The van der Waals surface area contributed by atoms with E-state index in [-0.39, 0.29) is 0 Å². The van der Waals surface area contributed by atoms with Gasteiger partial charge in [-0.05, 0) is 25.5 Å².